The number of amides is 1. The zero-order valence-corrected chi connectivity index (χ0v) is 12.1. The Kier molecular flexibility index (Phi) is 6.02. The van der Waals surface area contributed by atoms with Gasteiger partial charge in [0.2, 0.25) is 5.91 Å². The number of carbonyl (C=O) groups is 1. The van der Waals surface area contributed by atoms with Crippen molar-refractivity contribution in [2.24, 2.45) is 0 Å². The molecule has 0 bridgehead atoms. The standard InChI is InChI=1S/C16H24N2O2/c1-13(7-8-14-5-3-2-4-6-14)18-16(19)11-15-12-20-10-9-17-15/h2-6,13,15,17H,7-12H2,1H3,(H,18,19). The second kappa shape index (κ2) is 8.02. The zero-order valence-electron chi connectivity index (χ0n) is 12.1. The lowest BCUT2D eigenvalue weighted by Crippen LogP contribution is -2.45. The van der Waals surface area contributed by atoms with Crippen molar-refractivity contribution in [2.45, 2.75) is 38.3 Å². The highest BCUT2D eigenvalue weighted by atomic mass is 16.5. The van der Waals surface area contributed by atoms with E-state index in [4.69, 9.17) is 4.74 Å². The van der Waals surface area contributed by atoms with Crippen molar-refractivity contribution >= 4 is 5.91 Å². The maximum atomic E-state index is 11.9. The van der Waals surface area contributed by atoms with E-state index in [1.54, 1.807) is 0 Å². The lowest BCUT2D eigenvalue weighted by molar-refractivity contribution is -0.122. The molecule has 110 valence electrons. The van der Waals surface area contributed by atoms with Gasteiger partial charge in [-0.2, -0.15) is 0 Å². The van der Waals surface area contributed by atoms with Gasteiger partial charge < -0.3 is 15.4 Å². The molecule has 4 heteroatoms. The van der Waals surface area contributed by atoms with Gasteiger partial charge in [0.15, 0.2) is 0 Å². The van der Waals surface area contributed by atoms with Crippen LogP contribution in [-0.2, 0) is 16.0 Å². The SMILES string of the molecule is CC(CCc1ccccc1)NC(=O)CC1COCCN1. The van der Waals surface area contributed by atoms with Crippen molar-refractivity contribution < 1.29 is 9.53 Å². The third kappa shape index (κ3) is 5.31. The van der Waals surface area contributed by atoms with Gasteiger partial charge in [0.25, 0.3) is 0 Å². The van der Waals surface area contributed by atoms with E-state index >= 15 is 0 Å². The summed E-state index contributed by atoms with van der Waals surface area (Å²) in [4.78, 5) is 11.9. The number of morpholine rings is 1. The van der Waals surface area contributed by atoms with Gasteiger partial charge in [-0.3, -0.25) is 4.79 Å². The first-order chi connectivity index (χ1) is 9.74. The number of carbonyl (C=O) groups excluding carboxylic acids is 1. The average molecular weight is 276 g/mol. The quantitative estimate of drug-likeness (QED) is 0.828. The first kappa shape index (κ1) is 15.0. The van der Waals surface area contributed by atoms with Gasteiger partial charge in [0, 0.05) is 25.0 Å². The van der Waals surface area contributed by atoms with Crippen molar-refractivity contribution in [1.29, 1.82) is 0 Å². The van der Waals surface area contributed by atoms with Crippen LogP contribution in [0.1, 0.15) is 25.3 Å². The third-order valence-electron chi connectivity index (χ3n) is 3.55. The summed E-state index contributed by atoms with van der Waals surface area (Å²) in [6.45, 7) is 4.27. The molecule has 2 unspecified atom stereocenters. The molecule has 1 aliphatic rings. The number of hydrogen-bond donors (Lipinski definition) is 2. The molecule has 0 aromatic heterocycles. The first-order valence-corrected chi connectivity index (χ1v) is 7.38. The Labute approximate surface area is 120 Å². The Hall–Kier alpha value is -1.39. The van der Waals surface area contributed by atoms with Crippen LogP contribution in [-0.4, -0.2) is 37.7 Å². The minimum atomic E-state index is 0.105. The lowest BCUT2D eigenvalue weighted by atomic mass is 10.1. The Morgan fingerprint density at radius 3 is 2.95 bits per heavy atom. The van der Waals surface area contributed by atoms with Gasteiger partial charge in [-0.15, -0.1) is 0 Å². The van der Waals surface area contributed by atoms with E-state index in [9.17, 15) is 4.79 Å². The van der Waals surface area contributed by atoms with E-state index in [1.165, 1.54) is 5.56 Å². The molecule has 4 nitrogen and oxygen atoms in total. The van der Waals surface area contributed by atoms with Crippen molar-refractivity contribution in [3.05, 3.63) is 35.9 Å². The molecule has 20 heavy (non-hydrogen) atoms. The topological polar surface area (TPSA) is 50.4 Å². The monoisotopic (exact) mass is 276 g/mol. The highest BCUT2D eigenvalue weighted by Gasteiger charge is 2.17. The van der Waals surface area contributed by atoms with Crippen LogP contribution < -0.4 is 10.6 Å². The molecule has 0 aliphatic carbocycles. The molecule has 1 fully saturated rings. The highest BCUT2D eigenvalue weighted by molar-refractivity contribution is 5.76. The molecule has 2 rings (SSSR count). The fourth-order valence-electron chi connectivity index (χ4n) is 2.41. The van der Waals surface area contributed by atoms with Gasteiger partial charge in [-0.1, -0.05) is 30.3 Å². The number of aryl methyl sites for hydroxylation is 1. The Morgan fingerprint density at radius 1 is 1.45 bits per heavy atom. The molecular formula is C16H24N2O2. The second-order valence-electron chi connectivity index (χ2n) is 5.42. The summed E-state index contributed by atoms with van der Waals surface area (Å²) in [5, 5.41) is 6.36. The highest BCUT2D eigenvalue weighted by Crippen LogP contribution is 2.05. The molecular weight excluding hydrogens is 252 g/mol. The van der Waals surface area contributed by atoms with Gasteiger partial charge >= 0.3 is 0 Å². The second-order valence-corrected chi connectivity index (χ2v) is 5.42. The largest absolute Gasteiger partial charge is 0.378 e. The van der Waals surface area contributed by atoms with Crippen LogP contribution in [0.15, 0.2) is 30.3 Å². The van der Waals surface area contributed by atoms with E-state index < -0.39 is 0 Å². The zero-order chi connectivity index (χ0) is 14.2. The Bertz CT molecular complexity index is 402. The summed E-state index contributed by atoms with van der Waals surface area (Å²) in [5.41, 5.74) is 1.32. The van der Waals surface area contributed by atoms with E-state index in [1.807, 2.05) is 18.2 Å². The van der Waals surface area contributed by atoms with Crippen LogP contribution in [0.4, 0.5) is 0 Å². The minimum Gasteiger partial charge on any atom is -0.378 e. The number of rotatable bonds is 6. The van der Waals surface area contributed by atoms with Crippen molar-refractivity contribution in [3.63, 3.8) is 0 Å². The van der Waals surface area contributed by atoms with Crippen LogP contribution >= 0.6 is 0 Å². The van der Waals surface area contributed by atoms with Crippen LogP contribution in [0.5, 0.6) is 0 Å². The van der Waals surface area contributed by atoms with Crippen LogP contribution in [0.2, 0.25) is 0 Å². The normalized spacial score (nSPS) is 20.4. The van der Waals surface area contributed by atoms with Crippen LogP contribution in [0, 0.1) is 0 Å². The summed E-state index contributed by atoms with van der Waals surface area (Å²) >= 11 is 0. The predicted molar refractivity (Wildman–Crippen MR) is 79.6 cm³/mol. The van der Waals surface area contributed by atoms with Crippen molar-refractivity contribution in [1.82, 2.24) is 10.6 Å². The number of ether oxygens (including phenoxy) is 1. The summed E-state index contributed by atoms with van der Waals surface area (Å²) < 4.78 is 5.35. The summed E-state index contributed by atoms with van der Waals surface area (Å²) in [5.74, 6) is 0.105. The summed E-state index contributed by atoms with van der Waals surface area (Å²) in [7, 11) is 0. The molecule has 1 aliphatic heterocycles. The van der Waals surface area contributed by atoms with E-state index in [2.05, 4.69) is 29.7 Å². The lowest BCUT2D eigenvalue weighted by Gasteiger charge is -2.24. The van der Waals surface area contributed by atoms with Gasteiger partial charge in [-0.25, -0.2) is 0 Å². The van der Waals surface area contributed by atoms with Crippen molar-refractivity contribution in [2.75, 3.05) is 19.8 Å². The Morgan fingerprint density at radius 2 is 2.25 bits per heavy atom. The first-order valence-electron chi connectivity index (χ1n) is 7.38. The van der Waals surface area contributed by atoms with Gasteiger partial charge in [0.1, 0.15) is 0 Å². The van der Waals surface area contributed by atoms with E-state index in [0.717, 1.165) is 26.0 Å². The average Bonchev–Trinajstić information content (AvgIpc) is 2.47. The third-order valence-corrected chi connectivity index (χ3v) is 3.55. The van der Waals surface area contributed by atoms with Crippen LogP contribution in [0.25, 0.3) is 0 Å². The Balaban J connectivity index is 1.65. The van der Waals surface area contributed by atoms with Gasteiger partial charge in [0.05, 0.1) is 13.2 Å². The molecule has 1 heterocycles. The molecule has 0 saturated carbocycles. The maximum Gasteiger partial charge on any atom is 0.221 e. The molecule has 1 amide bonds. The fourth-order valence-corrected chi connectivity index (χ4v) is 2.41. The number of benzene rings is 1. The molecule has 1 aromatic carbocycles. The van der Waals surface area contributed by atoms with E-state index in [0.29, 0.717) is 13.0 Å². The molecule has 2 atom stereocenters. The van der Waals surface area contributed by atoms with Gasteiger partial charge in [-0.05, 0) is 25.3 Å². The minimum absolute atomic E-state index is 0.105. The number of nitrogens with one attached hydrogen (secondary N) is 2. The van der Waals surface area contributed by atoms with Crippen molar-refractivity contribution in [3.8, 4) is 0 Å². The summed E-state index contributed by atoms with van der Waals surface area (Å²) in [6.07, 6.45) is 2.45. The molecule has 0 spiro atoms. The maximum absolute atomic E-state index is 11.9. The predicted octanol–water partition coefficient (Wildman–Crippen LogP) is 1.50. The molecule has 1 aromatic rings. The smallest absolute Gasteiger partial charge is 0.221 e. The van der Waals surface area contributed by atoms with E-state index in [-0.39, 0.29) is 18.0 Å². The van der Waals surface area contributed by atoms with Crippen LogP contribution in [0.3, 0.4) is 0 Å². The molecule has 0 radical (unpaired) electrons. The summed E-state index contributed by atoms with van der Waals surface area (Å²) in [6, 6.07) is 10.7. The molecule has 2 N–H and O–H groups in total. The fraction of sp³-hybridized carbons (Fsp3) is 0.562. The number of hydrogen-bond acceptors (Lipinski definition) is 3. The molecule has 1 saturated heterocycles.